The Kier molecular flexibility index (Phi) is 12.2. The molecule has 1 spiro atoms. The number of anilines is 4. The SMILES string of the molecule is Cc1c(N2CCc3cnc(Nc4ccc(CC(=O)N5CCC(N6CCC(Cc7ccc8c(c7)OCC87CCC(=O)NC7=O)CC6)CC5)c(F)c4)nc3C2)cnc2c1N(C(=O)OC(C)(C)C)CCO2. The lowest BCUT2D eigenvalue weighted by molar-refractivity contribution is -0.138. The van der Waals surface area contributed by atoms with Crippen molar-refractivity contribution in [3.8, 4) is 11.6 Å². The molecule has 0 aliphatic carbocycles. The maximum Gasteiger partial charge on any atom is 0.415 e. The molecule has 1 atom stereocenters. The summed E-state index contributed by atoms with van der Waals surface area (Å²) in [6.07, 6.45) is 9.58. The van der Waals surface area contributed by atoms with Crippen molar-refractivity contribution in [1.29, 1.82) is 0 Å². The van der Waals surface area contributed by atoms with Gasteiger partial charge < -0.3 is 34.2 Å². The van der Waals surface area contributed by atoms with Crippen molar-refractivity contribution in [1.82, 2.24) is 30.1 Å². The normalized spacial score (nSPS) is 21.1. The molecule has 10 rings (SSSR count). The number of hydrogen-bond donors (Lipinski definition) is 2. The van der Waals surface area contributed by atoms with Gasteiger partial charge in [-0.1, -0.05) is 18.2 Å². The summed E-state index contributed by atoms with van der Waals surface area (Å²) in [6, 6.07) is 11.5. The first-order valence-corrected chi connectivity index (χ1v) is 24.1. The zero-order chi connectivity index (χ0) is 47.3. The average Bonchev–Trinajstić information content (AvgIpc) is 3.69. The molecule has 1 unspecified atom stereocenters. The van der Waals surface area contributed by atoms with Gasteiger partial charge in [0.15, 0.2) is 0 Å². The van der Waals surface area contributed by atoms with Gasteiger partial charge in [0, 0.05) is 55.1 Å². The summed E-state index contributed by atoms with van der Waals surface area (Å²) >= 11 is 0. The molecule has 4 amide bonds. The molecule has 6 aliphatic rings. The largest absolute Gasteiger partial charge is 0.492 e. The molecule has 8 heterocycles. The van der Waals surface area contributed by atoms with Crippen LogP contribution in [0.1, 0.15) is 92.8 Å². The number of likely N-dealkylation sites (tertiary alicyclic amines) is 2. The summed E-state index contributed by atoms with van der Waals surface area (Å²) in [7, 11) is 0. The minimum absolute atomic E-state index is 0.00638. The first-order chi connectivity index (χ1) is 32.7. The van der Waals surface area contributed by atoms with Gasteiger partial charge >= 0.3 is 6.09 Å². The van der Waals surface area contributed by atoms with Gasteiger partial charge in [-0.25, -0.2) is 24.1 Å². The van der Waals surface area contributed by atoms with E-state index in [-0.39, 0.29) is 30.7 Å². The first-order valence-electron chi connectivity index (χ1n) is 24.1. The molecule has 2 N–H and O–H groups in total. The molecular formula is C51H60FN9O7. The lowest BCUT2D eigenvalue weighted by Gasteiger charge is -2.42. The van der Waals surface area contributed by atoms with E-state index in [0.29, 0.717) is 99.3 Å². The Bertz CT molecular complexity index is 2640. The molecule has 2 aromatic heterocycles. The second kappa shape index (κ2) is 18.3. The maximum atomic E-state index is 15.6. The Labute approximate surface area is 395 Å². The van der Waals surface area contributed by atoms with Gasteiger partial charge in [-0.3, -0.25) is 24.6 Å². The van der Waals surface area contributed by atoms with E-state index in [1.54, 1.807) is 29.4 Å². The van der Waals surface area contributed by atoms with Crippen LogP contribution in [0.3, 0.4) is 0 Å². The van der Waals surface area contributed by atoms with Crippen molar-refractivity contribution < 1.29 is 37.8 Å². The number of rotatable bonds is 8. The quantitative estimate of drug-likeness (QED) is 0.189. The third-order valence-electron chi connectivity index (χ3n) is 14.6. The molecule has 0 bridgehead atoms. The topological polar surface area (TPSA) is 172 Å². The maximum absolute atomic E-state index is 15.6. The number of imide groups is 1. The van der Waals surface area contributed by atoms with Gasteiger partial charge in [0.05, 0.1) is 37.1 Å². The number of pyridine rings is 1. The summed E-state index contributed by atoms with van der Waals surface area (Å²) in [4.78, 5) is 73.4. The van der Waals surface area contributed by atoms with Crippen LogP contribution >= 0.6 is 0 Å². The number of carbonyl (C=O) groups is 4. The zero-order valence-corrected chi connectivity index (χ0v) is 39.4. The second-order valence-electron chi connectivity index (χ2n) is 20.2. The molecule has 16 nitrogen and oxygen atoms in total. The van der Waals surface area contributed by atoms with E-state index in [0.717, 1.165) is 79.0 Å². The highest BCUT2D eigenvalue weighted by molar-refractivity contribution is 6.04. The molecule has 2 aromatic carbocycles. The lowest BCUT2D eigenvalue weighted by atomic mass is 9.75. The number of amides is 4. The van der Waals surface area contributed by atoms with Crippen LogP contribution < -0.4 is 29.9 Å². The van der Waals surface area contributed by atoms with Gasteiger partial charge in [0.2, 0.25) is 29.5 Å². The molecule has 3 saturated heterocycles. The van der Waals surface area contributed by atoms with E-state index < -0.39 is 22.9 Å². The first kappa shape index (κ1) is 45.4. The molecular weight excluding hydrogens is 870 g/mol. The molecule has 4 aromatic rings. The predicted octanol–water partition coefficient (Wildman–Crippen LogP) is 6.31. The molecule has 6 aliphatic heterocycles. The summed E-state index contributed by atoms with van der Waals surface area (Å²) in [5.74, 6) is 1.04. The van der Waals surface area contributed by atoms with Crippen LogP contribution in [0.4, 0.5) is 32.2 Å². The minimum Gasteiger partial charge on any atom is -0.492 e. The smallest absolute Gasteiger partial charge is 0.415 e. The van der Waals surface area contributed by atoms with Gasteiger partial charge in [0.25, 0.3) is 0 Å². The third-order valence-corrected chi connectivity index (χ3v) is 14.6. The van der Waals surface area contributed by atoms with Gasteiger partial charge in [-0.05, 0) is 127 Å². The van der Waals surface area contributed by atoms with Crippen LogP contribution in [-0.4, -0.2) is 113 Å². The summed E-state index contributed by atoms with van der Waals surface area (Å²) in [5, 5.41) is 5.66. The fraction of sp³-hybridized carbons (Fsp3) is 0.510. The molecule has 0 radical (unpaired) electrons. The van der Waals surface area contributed by atoms with Gasteiger partial charge in [-0.15, -0.1) is 0 Å². The Hall–Kier alpha value is -6.36. The standard InChI is InChI=1S/C51H60FN9O7/c1-31-41(28-53-46-45(31)61(21-22-66-46)49(65)68-50(2,3)4)60-18-12-35-27-54-48(56-40(35)29-60)55-36-7-6-34(39(52)26-36)25-44(63)59-19-13-37(14-20-59)58-16-10-32(11-17-58)23-33-5-8-38-42(24-33)67-30-51(38)15-9-43(62)57-47(51)64/h5-8,24,26-28,32,37H,9-23,25,29-30H2,1-4H3,(H,54,55,56)(H,57,62,64). The number of nitrogens with zero attached hydrogens (tertiary/aromatic N) is 7. The third kappa shape index (κ3) is 9.16. The lowest BCUT2D eigenvalue weighted by Crippen LogP contribution is -2.52. The van der Waals surface area contributed by atoms with Crippen LogP contribution in [0.15, 0.2) is 48.8 Å². The van der Waals surface area contributed by atoms with Crippen molar-refractivity contribution in [2.45, 2.75) is 109 Å². The molecule has 17 heteroatoms. The Morgan fingerprint density at radius 1 is 0.956 bits per heavy atom. The van der Waals surface area contributed by atoms with Gasteiger partial charge in [0.1, 0.15) is 41.5 Å². The van der Waals surface area contributed by atoms with Crippen molar-refractivity contribution >= 4 is 46.8 Å². The summed E-state index contributed by atoms with van der Waals surface area (Å²) in [6.45, 7) is 13.0. The summed E-state index contributed by atoms with van der Waals surface area (Å²) in [5.41, 5.74) is 5.70. The average molecular weight is 930 g/mol. The number of carbonyl (C=O) groups excluding carboxylic acids is 4. The van der Waals surface area contributed by atoms with E-state index in [9.17, 15) is 19.2 Å². The fourth-order valence-corrected chi connectivity index (χ4v) is 10.9. The van der Waals surface area contributed by atoms with Crippen molar-refractivity contribution in [2.24, 2.45) is 5.92 Å². The number of benzene rings is 2. The molecule has 358 valence electrons. The van der Waals surface area contributed by atoms with Crippen LogP contribution in [0.5, 0.6) is 11.6 Å². The van der Waals surface area contributed by atoms with Crippen LogP contribution in [-0.2, 0) is 50.3 Å². The fourth-order valence-electron chi connectivity index (χ4n) is 10.9. The Morgan fingerprint density at radius 2 is 1.76 bits per heavy atom. The van der Waals surface area contributed by atoms with E-state index in [1.165, 1.54) is 11.6 Å². The molecule has 0 saturated carbocycles. The van der Waals surface area contributed by atoms with E-state index in [4.69, 9.17) is 19.2 Å². The molecule has 68 heavy (non-hydrogen) atoms. The predicted molar refractivity (Wildman–Crippen MR) is 252 cm³/mol. The number of ether oxygens (including phenoxy) is 3. The Balaban J connectivity index is 0.693. The number of fused-ring (bicyclic) bond motifs is 4. The van der Waals surface area contributed by atoms with Crippen molar-refractivity contribution in [3.63, 3.8) is 0 Å². The highest BCUT2D eigenvalue weighted by Gasteiger charge is 2.50. The number of hydrogen-bond acceptors (Lipinski definition) is 13. The second-order valence-corrected chi connectivity index (χ2v) is 20.2. The number of aromatic nitrogens is 3. The van der Waals surface area contributed by atoms with E-state index >= 15 is 4.39 Å². The zero-order valence-electron chi connectivity index (χ0n) is 39.4. The highest BCUT2D eigenvalue weighted by atomic mass is 19.1. The van der Waals surface area contributed by atoms with Crippen LogP contribution in [0.25, 0.3) is 0 Å². The van der Waals surface area contributed by atoms with E-state index in [2.05, 4.69) is 42.5 Å². The number of piperidine rings is 3. The molecule has 3 fully saturated rings. The van der Waals surface area contributed by atoms with Gasteiger partial charge in [-0.2, -0.15) is 0 Å². The van der Waals surface area contributed by atoms with Crippen molar-refractivity contribution in [2.75, 3.05) is 67.6 Å². The van der Waals surface area contributed by atoms with Crippen molar-refractivity contribution in [3.05, 3.63) is 88.1 Å². The summed E-state index contributed by atoms with van der Waals surface area (Å²) < 4.78 is 33.2. The number of halogens is 1. The van der Waals surface area contributed by atoms with Crippen LogP contribution in [0, 0.1) is 18.7 Å². The minimum atomic E-state index is -0.765. The highest BCUT2D eigenvalue weighted by Crippen LogP contribution is 2.45. The van der Waals surface area contributed by atoms with E-state index in [1.807, 2.05) is 38.7 Å². The Morgan fingerprint density at radius 3 is 2.53 bits per heavy atom. The monoisotopic (exact) mass is 929 g/mol. The number of nitrogens with one attached hydrogen (secondary N) is 2. The van der Waals surface area contributed by atoms with Crippen LogP contribution in [0.2, 0.25) is 0 Å².